The number of nitrogens with zero attached hydrogens (tertiary/aromatic N) is 4. The van der Waals surface area contributed by atoms with Gasteiger partial charge in [-0.15, -0.1) is 3.89 Å². The summed E-state index contributed by atoms with van der Waals surface area (Å²) in [5, 5.41) is 7.36. The van der Waals surface area contributed by atoms with Crippen molar-refractivity contribution in [3.05, 3.63) is 46.3 Å². The first-order valence-electron chi connectivity index (χ1n) is 6.17. The van der Waals surface area contributed by atoms with Gasteiger partial charge in [0.25, 0.3) is 5.91 Å². The van der Waals surface area contributed by atoms with Crippen LogP contribution in [0.5, 0.6) is 0 Å². The number of anilines is 1. The Labute approximate surface area is 137 Å². The molecule has 6 nitrogen and oxygen atoms in total. The molecule has 0 radical (unpaired) electrons. The molecule has 0 aliphatic carbocycles. The highest BCUT2D eigenvalue weighted by atomic mass is 79.9. The van der Waals surface area contributed by atoms with Crippen LogP contribution in [0.2, 0.25) is 0 Å². The van der Waals surface area contributed by atoms with Crippen LogP contribution in [0, 0.1) is 6.92 Å². The lowest BCUT2D eigenvalue weighted by molar-refractivity contribution is 0.102. The Morgan fingerprint density at radius 2 is 2.23 bits per heavy atom. The van der Waals surface area contributed by atoms with Crippen LogP contribution in [0.15, 0.2) is 35.1 Å². The van der Waals surface area contributed by atoms with Gasteiger partial charge in [-0.25, -0.2) is 9.97 Å². The maximum absolute atomic E-state index is 12.9. The van der Waals surface area contributed by atoms with E-state index >= 15 is 0 Å². The Hall–Kier alpha value is -2.00. The topological polar surface area (TPSA) is 72.7 Å². The largest absolute Gasteiger partial charge is 0.305 e. The number of pyridine rings is 2. The van der Waals surface area contributed by atoms with Crippen LogP contribution in [-0.4, -0.2) is 25.1 Å². The predicted molar refractivity (Wildman–Crippen MR) is 86.3 cm³/mol. The van der Waals surface area contributed by atoms with E-state index in [0.29, 0.717) is 21.6 Å². The average molecular weight is 382 g/mol. The molecule has 0 atom stereocenters. The van der Waals surface area contributed by atoms with E-state index in [9.17, 15) is 8.68 Å². The van der Waals surface area contributed by atoms with Crippen molar-refractivity contribution in [1.29, 1.82) is 0 Å². The van der Waals surface area contributed by atoms with Crippen molar-refractivity contribution in [2.45, 2.75) is 6.92 Å². The SMILES string of the molecule is Cc1c(Br)nn(SF)c1C(=O)Nc1ccc2cccnc2n1. The Morgan fingerprint density at radius 1 is 1.41 bits per heavy atom. The summed E-state index contributed by atoms with van der Waals surface area (Å²) < 4.78 is 14.2. The smallest absolute Gasteiger partial charge is 0.276 e. The van der Waals surface area contributed by atoms with Gasteiger partial charge in [0, 0.05) is 17.1 Å². The van der Waals surface area contributed by atoms with E-state index in [1.54, 1.807) is 31.3 Å². The monoisotopic (exact) mass is 381 g/mol. The first kappa shape index (κ1) is 14.9. The van der Waals surface area contributed by atoms with Crippen molar-refractivity contribution in [2.75, 3.05) is 5.32 Å². The zero-order valence-electron chi connectivity index (χ0n) is 11.2. The molecule has 0 saturated heterocycles. The van der Waals surface area contributed by atoms with E-state index in [2.05, 4.69) is 36.3 Å². The predicted octanol–water partition coefficient (Wildman–Crippen LogP) is 3.53. The zero-order chi connectivity index (χ0) is 15.7. The molecule has 0 saturated carbocycles. The summed E-state index contributed by atoms with van der Waals surface area (Å²) in [5.74, 6) is -0.160. The Kier molecular flexibility index (Phi) is 4.08. The molecular formula is C13H9BrFN5OS. The van der Waals surface area contributed by atoms with Gasteiger partial charge in [0.05, 0.1) is 0 Å². The molecule has 112 valence electrons. The number of hydrogen-bond acceptors (Lipinski definition) is 5. The summed E-state index contributed by atoms with van der Waals surface area (Å²) in [6.45, 7) is 1.67. The summed E-state index contributed by atoms with van der Waals surface area (Å²) in [6.07, 6.45) is 1.62. The number of carbonyl (C=O) groups is 1. The highest BCUT2D eigenvalue weighted by Crippen LogP contribution is 2.24. The second-order valence-electron chi connectivity index (χ2n) is 4.41. The summed E-state index contributed by atoms with van der Waals surface area (Å²) >= 11 is 3.03. The molecule has 3 heterocycles. The molecule has 9 heteroatoms. The minimum atomic E-state index is -0.497. The van der Waals surface area contributed by atoms with E-state index in [1.807, 2.05) is 6.07 Å². The number of fused-ring (bicyclic) bond motifs is 1. The van der Waals surface area contributed by atoms with Crippen LogP contribution in [0.3, 0.4) is 0 Å². The molecule has 0 aliphatic rings. The van der Waals surface area contributed by atoms with Gasteiger partial charge < -0.3 is 5.32 Å². The molecular weight excluding hydrogens is 373 g/mol. The molecule has 3 aromatic rings. The maximum Gasteiger partial charge on any atom is 0.276 e. The average Bonchev–Trinajstić information content (AvgIpc) is 2.82. The fourth-order valence-electron chi connectivity index (χ4n) is 1.95. The minimum Gasteiger partial charge on any atom is -0.305 e. The van der Waals surface area contributed by atoms with Gasteiger partial charge in [-0.2, -0.15) is 9.19 Å². The summed E-state index contributed by atoms with van der Waals surface area (Å²) in [5.41, 5.74) is 1.18. The van der Waals surface area contributed by atoms with E-state index in [1.165, 1.54) is 0 Å². The van der Waals surface area contributed by atoms with Gasteiger partial charge in [-0.1, -0.05) is 0 Å². The van der Waals surface area contributed by atoms with Crippen molar-refractivity contribution < 1.29 is 8.68 Å². The van der Waals surface area contributed by atoms with Crippen LogP contribution in [-0.2, 0) is 0 Å². The molecule has 22 heavy (non-hydrogen) atoms. The number of amides is 1. The Bertz CT molecular complexity index is 869. The van der Waals surface area contributed by atoms with Gasteiger partial charge in [-0.3, -0.25) is 4.79 Å². The molecule has 0 aliphatic heterocycles. The summed E-state index contributed by atoms with van der Waals surface area (Å²) in [4.78, 5) is 20.7. The second kappa shape index (κ2) is 6.01. The van der Waals surface area contributed by atoms with Gasteiger partial charge >= 0.3 is 0 Å². The fourth-order valence-corrected chi connectivity index (χ4v) is 2.80. The zero-order valence-corrected chi connectivity index (χ0v) is 13.7. The van der Waals surface area contributed by atoms with Crippen LogP contribution < -0.4 is 5.32 Å². The highest BCUT2D eigenvalue weighted by Gasteiger charge is 2.21. The first-order valence-corrected chi connectivity index (χ1v) is 7.64. The number of hydrogen-bond donors (Lipinski definition) is 1. The number of rotatable bonds is 3. The van der Waals surface area contributed by atoms with E-state index in [0.717, 1.165) is 9.47 Å². The first-order chi connectivity index (χ1) is 10.6. The lowest BCUT2D eigenvalue weighted by Gasteiger charge is -2.06. The second-order valence-corrected chi connectivity index (χ2v) is 5.64. The lowest BCUT2D eigenvalue weighted by Crippen LogP contribution is -2.17. The van der Waals surface area contributed by atoms with Gasteiger partial charge in [0.1, 0.15) is 16.1 Å². The third kappa shape index (κ3) is 2.69. The Balaban J connectivity index is 1.93. The molecule has 0 spiro atoms. The molecule has 0 fully saturated rings. The van der Waals surface area contributed by atoms with Crippen molar-refractivity contribution in [3.63, 3.8) is 0 Å². The fraction of sp³-hybridized carbons (Fsp3) is 0.0769. The summed E-state index contributed by atoms with van der Waals surface area (Å²) in [7, 11) is 0. The maximum atomic E-state index is 12.9. The molecule has 1 N–H and O–H groups in total. The lowest BCUT2D eigenvalue weighted by atomic mass is 10.2. The van der Waals surface area contributed by atoms with Crippen LogP contribution >= 0.6 is 28.3 Å². The van der Waals surface area contributed by atoms with Gasteiger partial charge in [-0.05, 0) is 47.1 Å². The normalized spacial score (nSPS) is 10.9. The van der Waals surface area contributed by atoms with E-state index in [-0.39, 0.29) is 18.0 Å². The highest BCUT2D eigenvalue weighted by molar-refractivity contribution is 9.10. The van der Waals surface area contributed by atoms with E-state index in [4.69, 9.17) is 0 Å². The Morgan fingerprint density at radius 3 is 3.00 bits per heavy atom. The van der Waals surface area contributed by atoms with Gasteiger partial charge in [0.15, 0.2) is 18.0 Å². The van der Waals surface area contributed by atoms with Gasteiger partial charge in [0.2, 0.25) is 0 Å². The number of aromatic nitrogens is 4. The van der Waals surface area contributed by atoms with Crippen LogP contribution in [0.4, 0.5) is 9.70 Å². The number of halogens is 2. The molecule has 3 aromatic heterocycles. The van der Waals surface area contributed by atoms with Crippen molar-refractivity contribution in [3.8, 4) is 0 Å². The third-order valence-corrected chi connectivity index (χ3v) is 4.17. The van der Waals surface area contributed by atoms with E-state index < -0.39 is 5.91 Å². The summed E-state index contributed by atoms with van der Waals surface area (Å²) in [6, 6.07) is 7.14. The molecule has 0 aromatic carbocycles. The molecule has 3 rings (SSSR count). The van der Waals surface area contributed by atoms with Crippen molar-refractivity contribution in [2.24, 2.45) is 0 Å². The third-order valence-electron chi connectivity index (χ3n) is 3.02. The van der Waals surface area contributed by atoms with Crippen LogP contribution in [0.25, 0.3) is 11.0 Å². The number of nitrogens with one attached hydrogen (secondary N) is 1. The number of carbonyl (C=O) groups excluding carboxylic acids is 1. The quantitative estimate of drug-likeness (QED) is 0.750. The molecule has 0 unspecified atom stereocenters. The van der Waals surface area contributed by atoms with Crippen molar-refractivity contribution in [1.82, 2.24) is 19.2 Å². The molecule has 0 bridgehead atoms. The standard InChI is InChI=1S/C13H9BrFN5OS/c1-7-10(20(22-15)19-11(7)14)13(21)18-9-5-4-8-3-2-6-16-12(8)17-9/h2-6H,1H3,(H,16,17,18,21). The van der Waals surface area contributed by atoms with Crippen molar-refractivity contribution >= 4 is 51.0 Å². The molecule has 1 amide bonds. The van der Waals surface area contributed by atoms with Crippen LogP contribution in [0.1, 0.15) is 16.1 Å². The minimum absolute atomic E-state index is 0.113.